The highest BCUT2D eigenvalue weighted by Gasteiger charge is 2.05. The first-order chi connectivity index (χ1) is 13.1. The molecule has 2 aromatic carbocycles. The van der Waals surface area contributed by atoms with Gasteiger partial charge in [-0.3, -0.25) is 4.79 Å². The van der Waals surface area contributed by atoms with Gasteiger partial charge in [0.1, 0.15) is 0 Å². The van der Waals surface area contributed by atoms with Crippen molar-refractivity contribution in [3.05, 3.63) is 65.9 Å². The van der Waals surface area contributed by atoms with Crippen molar-refractivity contribution in [3.63, 3.8) is 0 Å². The van der Waals surface area contributed by atoms with Crippen LogP contribution in [0.15, 0.2) is 54.7 Å². The Hall–Kier alpha value is -2.75. The SMILES string of the molecule is CN(C)c1ccc(CCCNC(=O)CCCc2c[nH]c3ccccc23)cc1. The Morgan fingerprint density at radius 3 is 2.56 bits per heavy atom. The molecule has 0 unspecified atom stereocenters. The molecule has 0 aliphatic rings. The molecule has 1 aromatic heterocycles. The molecule has 1 heterocycles. The molecule has 0 aliphatic heterocycles. The van der Waals surface area contributed by atoms with Crippen molar-refractivity contribution in [2.45, 2.75) is 32.1 Å². The maximum Gasteiger partial charge on any atom is 0.220 e. The number of carbonyl (C=O) groups excluding carboxylic acids is 1. The first-order valence-corrected chi connectivity index (χ1v) is 9.71. The second-order valence-electron chi connectivity index (χ2n) is 7.23. The molecule has 142 valence electrons. The zero-order valence-corrected chi connectivity index (χ0v) is 16.3. The van der Waals surface area contributed by atoms with Crippen molar-refractivity contribution in [3.8, 4) is 0 Å². The zero-order chi connectivity index (χ0) is 19.1. The molecule has 2 N–H and O–H groups in total. The van der Waals surface area contributed by atoms with Crippen LogP contribution in [0.25, 0.3) is 10.9 Å². The molecule has 4 nitrogen and oxygen atoms in total. The Balaban J connectivity index is 1.33. The van der Waals surface area contributed by atoms with E-state index >= 15 is 0 Å². The second kappa shape index (κ2) is 9.26. The van der Waals surface area contributed by atoms with Crippen LogP contribution in [-0.2, 0) is 17.6 Å². The van der Waals surface area contributed by atoms with Crippen molar-refractivity contribution < 1.29 is 4.79 Å². The van der Waals surface area contributed by atoms with E-state index < -0.39 is 0 Å². The summed E-state index contributed by atoms with van der Waals surface area (Å²) in [6, 6.07) is 16.9. The third kappa shape index (κ3) is 5.36. The Morgan fingerprint density at radius 2 is 1.78 bits per heavy atom. The first kappa shape index (κ1) is 19.0. The van der Waals surface area contributed by atoms with Gasteiger partial charge in [-0.15, -0.1) is 0 Å². The summed E-state index contributed by atoms with van der Waals surface area (Å²) in [5.41, 5.74) is 4.98. The molecule has 1 amide bonds. The van der Waals surface area contributed by atoms with Gasteiger partial charge in [-0.25, -0.2) is 0 Å². The average molecular weight is 364 g/mol. The molecule has 0 aliphatic carbocycles. The van der Waals surface area contributed by atoms with E-state index in [1.54, 1.807) is 0 Å². The fourth-order valence-electron chi connectivity index (χ4n) is 3.35. The number of anilines is 1. The van der Waals surface area contributed by atoms with Crippen LogP contribution in [0, 0.1) is 0 Å². The summed E-state index contributed by atoms with van der Waals surface area (Å²) in [5, 5.41) is 4.31. The molecule has 3 rings (SSSR count). The lowest BCUT2D eigenvalue weighted by Crippen LogP contribution is -2.24. The predicted molar refractivity (Wildman–Crippen MR) is 113 cm³/mol. The van der Waals surface area contributed by atoms with Crippen LogP contribution in [0.5, 0.6) is 0 Å². The predicted octanol–water partition coefficient (Wildman–Crippen LogP) is 4.31. The number of H-pyrrole nitrogens is 1. The number of carbonyl (C=O) groups is 1. The summed E-state index contributed by atoms with van der Waals surface area (Å²) >= 11 is 0. The number of nitrogens with zero attached hydrogens (tertiary/aromatic N) is 1. The van der Waals surface area contributed by atoms with Crippen LogP contribution in [0.4, 0.5) is 5.69 Å². The van der Waals surface area contributed by atoms with Gasteiger partial charge >= 0.3 is 0 Å². The maximum atomic E-state index is 12.0. The van der Waals surface area contributed by atoms with Crippen LogP contribution in [-0.4, -0.2) is 31.5 Å². The highest BCUT2D eigenvalue weighted by atomic mass is 16.1. The highest BCUT2D eigenvalue weighted by molar-refractivity contribution is 5.83. The molecule has 3 aromatic rings. The first-order valence-electron chi connectivity index (χ1n) is 9.71. The molecule has 0 saturated carbocycles. The van der Waals surface area contributed by atoms with Gasteiger partial charge in [-0.05, 0) is 55.0 Å². The minimum Gasteiger partial charge on any atom is -0.378 e. The standard InChI is InChI=1S/C23H29N3O/c1-26(2)20-14-12-18(13-15-20)7-6-16-24-23(27)11-5-8-19-17-25-22-10-4-3-9-21(19)22/h3-4,9-10,12-15,17,25H,5-8,11,16H2,1-2H3,(H,24,27). The van der Waals surface area contributed by atoms with Crippen molar-refractivity contribution in [2.75, 3.05) is 25.5 Å². The van der Waals surface area contributed by atoms with E-state index in [2.05, 4.69) is 63.9 Å². The van der Waals surface area contributed by atoms with Gasteiger partial charge in [0.25, 0.3) is 0 Å². The molecule has 0 spiro atoms. The van der Waals surface area contributed by atoms with Crippen LogP contribution in [0.1, 0.15) is 30.4 Å². The van der Waals surface area contributed by atoms with Crippen molar-refractivity contribution >= 4 is 22.5 Å². The van der Waals surface area contributed by atoms with E-state index in [4.69, 9.17) is 0 Å². The van der Waals surface area contributed by atoms with Gasteiger partial charge in [0, 0.05) is 49.8 Å². The lowest BCUT2D eigenvalue weighted by atomic mass is 10.1. The normalized spacial score (nSPS) is 10.9. The van der Waals surface area contributed by atoms with Gasteiger partial charge in [0.05, 0.1) is 0 Å². The molecule has 0 radical (unpaired) electrons. The van der Waals surface area contributed by atoms with Crippen LogP contribution in [0.3, 0.4) is 0 Å². The van der Waals surface area contributed by atoms with E-state index in [1.807, 2.05) is 20.2 Å². The van der Waals surface area contributed by atoms with E-state index in [-0.39, 0.29) is 5.91 Å². The summed E-state index contributed by atoms with van der Waals surface area (Å²) in [4.78, 5) is 17.4. The Kier molecular flexibility index (Phi) is 6.53. The van der Waals surface area contributed by atoms with Gasteiger partial charge < -0.3 is 15.2 Å². The Bertz CT molecular complexity index is 865. The van der Waals surface area contributed by atoms with Gasteiger partial charge in [0.15, 0.2) is 0 Å². The fraction of sp³-hybridized carbons (Fsp3) is 0.348. The summed E-state index contributed by atoms with van der Waals surface area (Å²) in [5.74, 6) is 0.151. The number of aromatic nitrogens is 1. The Morgan fingerprint density at radius 1 is 1.00 bits per heavy atom. The van der Waals surface area contributed by atoms with Crippen LogP contribution in [0.2, 0.25) is 0 Å². The van der Waals surface area contributed by atoms with Crippen molar-refractivity contribution in [1.29, 1.82) is 0 Å². The number of para-hydroxylation sites is 1. The molecule has 0 fully saturated rings. The second-order valence-corrected chi connectivity index (χ2v) is 7.23. The van der Waals surface area contributed by atoms with Gasteiger partial charge in [-0.1, -0.05) is 30.3 Å². The fourth-order valence-corrected chi connectivity index (χ4v) is 3.35. The number of rotatable bonds is 9. The number of hydrogen-bond donors (Lipinski definition) is 2. The van der Waals surface area contributed by atoms with Gasteiger partial charge in [-0.2, -0.15) is 0 Å². The summed E-state index contributed by atoms with van der Waals surface area (Å²) in [6.45, 7) is 0.737. The van der Waals surface area contributed by atoms with Crippen LogP contribution >= 0.6 is 0 Å². The quantitative estimate of drug-likeness (QED) is 0.557. The number of fused-ring (bicyclic) bond motifs is 1. The largest absolute Gasteiger partial charge is 0.378 e. The van der Waals surface area contributed by atoms with Crippen LogP contribution < -0.4 is 10.2 Å². The average Bonchev–Trinajstić information content (AvgIpc) is 3.09. The highest BCUT2D eigenvalue weighted by Crippen LogP contribution is 2.19. The van der Waals surface area contributed by atoms with E-state index in [9.17, 15) is 4.79 Å². The molecule has 27 heavy (non-hydrogen) atoms. The minimum absolute atomic E-state index is 0.151. The lowest BCUT2D eigenvalue weighted by molar-refractivity contribution is -0.121. The number of hydrogen-bond acceptors (Lipinski definition) is 2. The Labute approximate surface area is 161 Å². The topological polar surface area (TPSA) is 48.1 Å². The lowest BCUT2D eigenvalue weighted by Gasteiger charge is -2.12. The molecule has 0 saturated heterocycles. The third-order valence-electron chi connectivity index (χ3n) is 4.94. The molecule has 0 bridgehead atoms. The number of benzene rings is 2. The monoisotopic (exact) mass is 363 g/mol. The molecule has 0 atom stereocenters. The number of nitrogens with one attached hydrogen (secondary N) is 2. The van der Waals surface area contributed by atoms with Crippen molar-refractivity contribution in [2.24, 2.45) is 0 Å². The summed E-state index contributed by atoms with van der Waals surface area (Å²) < 4.78 is 0. The molecular formula is C23H29N3O. The number of aromatic amines is 1. The number of amides is 1. The van der Waals surface area contributed by atoms with Crippen molar-refractivity contribution in [1.82, 2.24) is 10.3 Å². The summed E-state index contributed by atoms with van der Waals surface area (Å²) in [6.07, 6.45) is 6.40. The van der Waals surface area contributed by atoms with E-state index in [1.165, 1.54) is 22.2 Å². The van der Waals surface area contributed by atoms with Gasteiger partial charge in [0.2, 0.25) is 5.91 Å². The molecular weight excluding hydrogens is 334 g/mol. The van der Waals surface area contributed by atoms with E-state index in [0.29, 0.717) is 6.42 Å². The number of aryl methyl sites for hydroxylation is 2. The minimum atomic E-state index is 0.151. The molecule has 4 heteroatoms. The smallest absolute Gasteiger partial charge is 0.220 e. The maximum absolute atomic E-state index is 12.0. The van der Waals surface area contributed by atoms with E-state index in [0.717, 1.165) is 37.7 Å². The third-order valence-corrected chi connectivity index (χ3v) is 4.94. The zero-order valence-electron chi connectivity index (χ0n) is 16.3. The summed E-state index contributed by atoms with van der Waals surface area (Å²) in [7, 11) is 4.09.